The van der Waals surface area contributed by atoms with Crippen LogP contribution in [-0.4, -0.2) is 27.9 Å². The van der Waals surface area contributed by atoms with Crippen LogP contribution in [0.5, 0.6) is 0 Å². The van der Waals surface area contributed by atoms with E-state index in [0.717, 1.165) is 78.2 Å². The molecule has 0 aliphatic carbocycles. The molecule has 13 aromatic rings. The first-order valence-corrected chi connectivity index (χ1v) is 21.0. The van der Waals surface area contributed by atoms with Gasteiger partial charge in [-0.25, -0.2) is 9.97 Å². The second kappa shape index (κ2) is 13.5. The second-order valence-corrected chi connectivity index (χ2v) is 16.0. The van der Waals surface area contributed by atoms with Crippen molar-refractivity contribution < 1.29 is 0 Å². The van der Waals surface area contributed by atoms with Gasteiger partial charge in [0.1, 0.15) is 0 Å². The molecule has 0 unspecified atom stereocenters. The van der Waals surface area contributed by atoms with E-state index in [2.05, 4.69) is 236 Å². The average molecular weight is 793 g/mol. The van der Waals surface area contributed by atoms with Gasteiger partial charge in [0, 0.05) is 11.4 Å². The maximum Gasteiger partial charge on any atom is 0.220 e. The predicted octanol–water partition coefficient (Wildman–Crippen LogP) is 13.8. The van der Waals surface area contributed by atoms with Crippen molar-refractivity contribution in [1.29, 1.82) is 0 Å². The maximum absolute atomic E-state index is 5.22. The molecule has 6 nitrogen and oxygen atoms in total. The molecule has 4 heterocycles. The third kappa shape index (κ3) is 5.30. The van der Waals surface area contributed by atoms with Gasteiger partial charge in [-0.1, -0.05) is 140 Å². The van der Waals surface area contributed by atoms with Crippen molar-refractivity contribution in [1.82, 2.24) is 27.9 Å². The lowest BCUT2D eigenvalue weighted by Gasteiger charge is -2.10. The van der Waals surface area contributed by atoms with E-state index in [1.165, 1.54) is 33.4 Å². The van der Waals surface area contributed by atoms with Gasteiger partial charge in [-0.05, 0) is 123 Å². The monoisotopic (exact) mass is 792 g/mol. The van der Waals surface area contributed by atoms with E-state index in [4.69, 9.17) is 9.97 Å². The Labute approximate surface area is 356 Å². The van der Waals surface area contributed by atoms with Crippen LogP contribution in [0.15, 0.2) is 218 Å². The number of rotatable bonds is 6. The summed E-state index contributed by atoms with van der Waals surface area (Å²) < 4.78 is 9.18. The summed E-state index contributed by atoms with van der Waals surface area (Å²) in [4.78, 5) is 10.4. The van der Waals surface area contributed by atoms with Crippen LogP contribution >= 0.6 is 0 Å². The van der Waals surface area contributed by atoms with Crippen molar-refractivity contribution in [3.8, 4) is 55.9 Å². The highest BCUT2D eigenvalue weighted by Crippen LogP contribution is 2.37. The fourth-order valence-corrected chi connectivity index (χ4v) is 9.41. The van der Waals surface area contributed by atoms with Crippen LogP contribution in [0, 0.1) is 0 Å². The third-order valence-corrected chi connectivity index (χ3v) is 12.4. The summed E-state index contributed by atoms with van der Waals surface area (Å²) in [6, 6.07) is 77.9. The van der Waals surface area contributed by atoms with Crippen LogP contribution in [0.1, 0.15) is 0 Å². The zero-order valence-corrected chi connectivity index (χ0v) is 33.5. The quantitative estimate of drug-likeness (QED) is 0.168. The molecule has 0 N–H and O–H groups in total. The van der Waals surface area contributed by atoms with Crippen LogP contribution in [0.4, 0.5) is 0 Å². The zero-order chi connectivity index (χ0) is 40.7. The van der Waals surface area contributed by atoms with E-state index in [9.17, 15) is 0 Å². The lowest BCUT2D eigenvalue weighted by molar-refractivity contribution is 1.11. The highest BCUT2D eigenvalue weighted by atomic mass is 15.2. The third-order valence-electron chi connectivity index (χ3n) is 12.4. The highest BCUT2D eigenvalue weighted by molar-refractivity contribution is 5.97. The van der Waals surface area contributed by atoms with Gasteiger partial charge in [0.15, 0.2) is 0 Å². The van der Waals surface area contributed by atoms with Crippen molar-refractivity contribution in [3.05, 3.63) is 218 Å². The molecule has 0 spiro atoms. The van der Waals surface area contributed by atoms with E-state index >= 15 is 0 Å². The van der Waals surface area contributed by atoms with Gasteiger partial charge in [0.05, 0.1) is 44.1 Å². The fourth-order valence-electron chi connectivity index (χ4n) is 9.41. The summed E-state index contributed by atoms with van der Waals surface area (Å²) >= 11 is 0. The topological polar surface area (TPSA) is 44.5 Å². The van der Waals surface area contributed by atoms with Gasteiger partial charge in [0.2, 0.25) is 11.6 Å². The Morgan fingerprint density at radius 1 is 0.242 bits per heavy atom. The number of para-hydroxylation sites is 4. The Bertz CT molecular complexity index is 3830. The first-order chi connectivity index (χ1) is 30.7. The number of aromatic nitrogens is 6. The minimum absolute atomic E-state index is 0.884. The number of hydrogen-bond acceptors (Lipinski definition) is 2. The van der Waals surface area contributed by atoms with Crippen LogP contribution in [0.2, 0.25) is 0 Å². The summed E-state index contributed by atoms with van der Waals surface area (Å²) in [7, 11) is 0. The van der Waals surface area contributed by atoms with Gasteiger partial charge in [-0.2, -0.15) is 0 Å². The average Bonchev–Trinajstić information content (AvgIpc) is 4.08. The Morgan fingerprint density at radius 2 is 0.597 bits per heavy atom. The Morgan fingerprint density at radius 3 is 1.08 bits per heavy atom. The minimum Gasteiger partial charge on any atom is -0.278 e. The highest BCUT2D eigenvalue weighted by Gasteiger charge is 2.21. The zero-order valence-electron chi connectivity index (χ0n) is 33.5. The number of nitrogens with zero attached hydrogens (tertiary/aromatic N) is 6. The molecule has 0 amide bonds. The molecule has 62 heavy (non-hydrogen) atoms. The number of imidazole rings is 4. The van der Waals surface area contributed by atoms with Crippen LogP contribution < -0.4 is 0 Å². The molecule has 4 aromatic heterocycles. The molecular weight excluding hydrogens is 757 g/mol. The lowest BCUT2D eigenvalue weighted by Crippen LogP contribution is -1.95. The van der Waals surface area contributed by atoms with Crippen LogP contribution in [0.3, 0.4) is 0 Å². The molecule has 0 saturated carbocycles. The summed E-state index contributed by atoms with van der Waals surface area (Å²) in [5.74, 6) is 1.77. The number of benzene rings is 9. The standard InChI is InChI=1S/C56H36N6/c1-3-12-37(13-4-1)39-22-28-45(29-23-39)59-51-32-26-43(35-53(51)61-49-20-9-7-18-47(49)57-55(59)61)44-27-33-52-54(36-44)62-50-21-10-8-19-48(50)58-56(62)60(52)46-30-24-40(25-31-46)42-17-11-16-41(34-42)38-14-5-2-6-15-38/h1-36H. The number of fused-ring (bicyclic) bond motifs is 10. The largest absolute Gasteiger partial charge is 0.278 e. The molecule has 0 aliphatic heterocycles. The smallest absolute Gasteiger partial charge is 0.220 e. The number of hydrogen-bond donors (Lipinski definition) is 0. The molecule has 0 saturated heterocycles. The van der Waals surface area contributed by atoms with Crippen molar-refractivity contribution in [2.75, 3.05) is 0 Å². The lowest BCUT2D eigenvalue weighted by atomic mass is 9.99. The van der Waals surface area contributed by atoms with Gasteiger partial charge < -0.3 is 0 Å². The summed E-state index contributed by atoms with van der Waals surface area (Å²) in [6.45, 7) is 0. The first-order valence-electron chi connectivity index (χ1n) is 21.0. The van der Waals surface area contributed by atoms with Crippen molar-refractivity contribution >= 4 is 55.7 Å². The Balaban J connectivity index is 0.948. The van der Waals surface area contributed by atoms with Gasteiger partial charge >= 0.3 is 0 Å². The van der Waals surface area contributed by atoms with Crippen molar-refractivity contribution in [3.63, 3.8) is 0 Å². The van der Waals surface area contributed by atoms with Gasteiger partial charge in [-0.3, -0.25) is 17.9 Å². The molecule has 0 radical (unpaired) electrons. The maximum atomic E-state index is 5.22. The van der Waals surface area contributed by atoms with E-state index in [1.807, 2.05) is 0 Å². The van der Waals surface area contributed by atoms with E-state index in [-0.39, 0.29) is 0 Å². The van der Waals surface area contributed by atoms with Crippen molar-refractivity contribution in [2.24, 2.45) is 0 Å². The van der Waals surface area contributed by atoms with Crippen molar-refractivity contribution in [2.45, 2.75) is 0 Å². The molecule has 0 bridgehead atoms. The molecular formula is C56H36N6. The molecule has 13 rings (SSSR count). The van der Waals surface area contributed by atoms with Crippen LogP contribution in [-0.2, 0) is 0 Å². The predicted molar refractivity (Wildman–Crippen MR) is 254 cm³/mol. The summed E-state index contributed by atoms with van der Waals surface area (Å²) in [5.41, 5.74) is 20.0. The van der Waals surface area contributed by atoms with E-state index in [1.54, 1.807) is 0 Å². The fraction of sp³-hybridized carbons (Fsp3) is 0. The van der Waals surface area contributed by atoms with Gasteiger partial charge in [0.25, 0.3) is 0 Å². The molecule has 0 aliphatic rings. The second-order valence-electron chi connectivity index (χ2n) is 16.0. The van der Waals surface area contributed by atoms with Crippen LogP contribution in [0.25, 0.3) is 112 Å². The summed E-state index contributed by atoms with van der Waals surface area (Å²) in [6.07, 6.45) is 0. The molecule has 0 fully saturated rings. The van der Waals surface area contributed by atoms with Gasteiger partial charge in [-0.15, -0.1) is 0 Å². The Hall–Kier alpha value is -8.48. The molecule has 0 atom stereocenters. The SMILES string of the molecule is c1ccc(-c2ccc(-n3c4ccc(-c5ccc6c(c5)n5c7ccccc7nc5n6-c5ccc(-c6cccc(-c7ccccc7)c6)cc5)cc4n4c5ccccc5nc34)cc2)cc1. The molecule has 290 valence electrons. The van der Waals surface area contributed by atoms with E-state index in [0.29, 0.717) is 0 Å². The molecule has 6 heteroatoms. The summed E-state index contributed by atoms with van der Waals surface area (Å²) in [5, 5.41) is 0. The normalized spacial score (nSPS) is 11.9. The minimum atomic E-state index is 0.884. The first kappa shape index (κ1) is 34.4. The Kier molecular flexibility index (Phi) is 7.50. The van der Waals surface area contributed by atoms with E-state index < -0.39 is 0 Å². The molecule has 9 aromatic carbocycles.